The molecule has 2 aromatic rings. The van der Waals surface area contributed by atoms with Gasteiger partial charge in [0.15, 0.2) is 5.11 Å². The molecule has 0 fully saturated rings. The van der Waals surface area contributed by atoms with Crippen LogP contribution < -0.4 is 16.2 Å². The number of anilines is 1. The number of carbonyl (C=O) groups excluding carboxylic acids is 1. The monoisotopic (exact) mass is 333 g/mol. The molecule has 2 rings (SSSR count). The lowest BCUT2D eigenvalue weighted by Gasteiger charge is -2.11. The summed E-state index contributed by atoms with van der Waals surface area (Å²) in [5.41, 5.74) is 7.10. The quantitative estimate of drug-likeness (QED) is 0.593. The van der Waals surface area contributed by atoms with E-state index in [9.17, 15) is 4.79 Å². The number of thiocarbonyl (C=S) groups is 1. The largest absolute Gasteiger partial charge is 0.331 e. The fourth-order valence-electron chi connectivity index (χ4n) is 1.82. The number of hydrogen-bond donors (Lipinski definition) is 3. The number of hydrazine groups is 1. The molecule has 0 spiro atoms. The van der Waals surface area contributed by atoms with Crippen molar-refractivity contribution in [3.05, 3.63) is 65.2 Å². The lowest BCUT2D eigenvalue weighted by molar-refractivity contribution is -0.121. The number of aryl methyl sites for hydroxylation is 1. The van der Waals surface area contributed by atoms with Gasteiger partial charge in [-0.25, -0.2) is 0 Å². The highest BCUT2D eigenvalue weighted by Crippen LogP contribution is 2.14. The third-order valence-corrected chi connectivity index (χ3v) is 3.32. The molecule has 2 aromatic carbocycles. The van der Waals surface area contributed by atoms with Gasteiger partial charge in [-0.05, 0) is 42.4 Å². The van der Waals surface area contributed by atoms with Crippen molar-refractivity contribution < 1.29 is 4.79 Å². The molecule has 0 saturated carbocycles. The second-order valence-corrected chi connectivity index (χ2v) is 5.47. The minimum absolute atomic E-state index is 0.126. The first-order valence-corrected chi connectivity index (χ1v) is 7.57. The van der Waals surface area contributed by atoms with E-state index in [1.807, 2.05) is 42.5 Å². The summed E-state index contributed by atoms with van der Waals surface area (Å²) in [6.07, 6.45) is 1.07. The Balaban J connectivity index is 1.70. The zero-order chi connectivity index (χ0) is 15.8. The second-order valence-electron chi connectivity index (χ2n) is 4.62. The van der Waals surface area contributed by atoms with Gasteiger partial charge in [0.2, 0.25) is 5.91 Å². The normalized spacial score (nSPS) is 9.86. The molecule has 1 amide bonds. The zero-order valence-corrected chi connectivity index (χ0v) is 13.4. The predicted octanol–water partition coefficient (Wildman–Crippen LogP) is 3.29. The Kier molecular flexibility index (Phi) is 6.18. The number of rotatable bonds is 4. The Morgan fingerprint density at radius 1 is 1.05 bits per heavy atom. The minimum atomic E-state index is -0.126. The van der Waals surface area contributed by atoms with E-state index in [4.69, 9.17) is 23.8 Å². The van der Waals surface area contributed by atoms with Crippen LogP contribution in [0.15, 0.2) is 54.6 Å². The Morgan fingerprint density at radius 3 is 2.55 bits per heavy atom. The molecule has 0 aliphatic heterocycles. The van der Waals surface area contributed by atoms with Gasteiger partial charge in [-0.3, -0.25) is 15.6 Å². The molecular formula is C16H16ClN3OS. The first kappa shape index (κ1) is 16.3. The van der Waals surface area contributed by atoms with Gasteiger partial charge >= 0.3 is 0 Å². The molecule has 4 nitrogen and oxygen atoms in total. The van der Waals surface area contributed by atoms with Gasteiger partial charge in [0.1, 0.15) is 0 Å². The molecule has 22 heavy (non-hydrogen) atoms. The van der Waals surface area contributed by atoms with Crippen LogP contribution in [0, 0.1) is 0 Å². The van der Waals surface area contributed by atoms with Crippen LogP contribution in [-0.2, 0) is 11.2 Å². The Labute approximate surface area is 139 Å². The van der Waals surface area contributed by atoms with E-state index >= 15 is 0 Å². The van der Waals surface area contributed by atoms with Crippen LogP contribution in [0.5, 0.6) is 0 Å². The Hall–Kier alpha value is -2.11. The number of halogens is 1. The van der Waals surface area contributed by atoms with Gasteiger partial charge in [-0.1, -0.05) is 48.0 Å². The molecule has 6 heteroatoms. The van der Waals surface area contributed by atoms with Crippen LogP contribution in [0.25, 0.3) is 0 Å². The number of carbonyl (C=O) groups is 1. The van der Waals surface area contributed by atoms with Crippen LogP contribution in [0.1, 0.15) is 12.0 Å². The molecule has 0 aliphatic rings. The van der Waals surface area contributed by atoms with Gasteiger partial charge in [0.25, 0.3) is 0 Å². The van der Waals surface area contributed by atoms with Crippen molar-refractivity contribution >= 4 is 40.5 Å². The van der Waals surface area contributed by atoms with Crippen LogP contribution in [0.2, 0.25) is 5.02 Å². The summed E-state index contributed by atoms with van der Waals surface area (Å²) >= 11 is 11.0. The summed E-state index contributed by atoms with van der Waals surface area (Å²) in [7, 11) is 0. The maximum atomic E-state index is 11.7. The molecule has 0 radical (unpaired) electrons. The summed E-state index contributed by atoms with van der Waals surface area (Å²) in [4.78, 5) is 11.7. The van der Waals surface area contributed by atoms with Gasteiger partial charge in [0.05, 0.1) is 0 Å². The van der Waals surface area contributed by atoms with Crippen LogP contribution in [-0.4, -0.2) is 11.0 Å². The lowest BCUT2D eigenvalue weighted by Crippen LogP contribution is -2.43. The molecule has 0 saturated heterocycles. The molecule has 0 atom stereocenters. The van der Waals surface area contributed by atoms with Gasteiger partial charge in [0, 0.05) is 17.1 Å². The first-order chi connectivity index (χ1) is 10.6. The van der Waals surface area contributed by atoms with E-state index in [-0.39, 0.29) is 5.91 Å². The SMILES string of the molecule is O=C(CCc1ccccc1)NNC(=S)Nc1cccc(Cl)c1. The molecule has 0 aliphatic carbocycles. The fourth-order valence-corrected chi connectivity index (χ4v) is 2.18. The summed E-state index contributed by atoms with van der Waals surface area (Å²) in [5.74, 6) is -0.126. The zero-order valence-electron chi connectivity index (χ0n) is 11.8. The van der Waals surface area contributed by atoms with Crippen molar-refractivity contribution in [2.45, 2.75) is 12.8 Å². The van der Waals surface area contributed by atoms with E-state index in [1.54, 1.807) is 12.1 Å². The van der Waals surface area contributed by atoms with Crippen LogP contribution >= 0.6 is 23.8 Å². The number of benzene rings is 2. The Bertz CT molecular complexity index is 649. The van der Waals surface area contributed by atoms with Gasteiger partial charge in [-0.2, -0.15) is 0 Å². The van der Waals surface area contributed by atoms with E-state index < -0.39 is 0 Å². The molecule has 114 valence electrons. The van der Waals surface area contributed by atoms with Crippen molar-refractivity contribution in [2.24, 2.45) is 0 Å². The third kappa shape index (κ3) is 5.71. The van der Waals surface area contributed by atoms with E-state index in [0.29, 0.717) is 23.0 Å². The smallest absolute Gasteiger partial charge is 0.238 e. The maximum absolute atomic E-state index is 11.7. The van der Waals surface area contributed by atoms with Crippen molar-refractivity contribution in [1.29, 1.82) is 0 Å². The average Bonchev–Trinajstić information content (AvgIpc) is 2.52. The van der Waals surface area contributed by atoms with Crippen molar-refractivity contribution in [1.82, 2.24) is 10.9 Å². The standard InChI is InChI=1S/C16H16ClN3OS/c17-13-7-4-8-14(11-13)18-16(22)20-19-15(21)10-9-12-5-2-1-3-6-12/h1-8,11H,9-10H2,(H,19,21)(H2,18,20,22). The highest BCUT2D eigenvalue weighted by atomic mass is 35.5. The van der Waals surface area contributed by atoms with Crippen LogP contribution in [0.4, 0.5) is 5.69 Å². The summed E-state index contributed by atoms with van der Waals surface area (Å²) < 4.78 is 0. The van der Waals surface area contributed by atoms with Crippen molar-refractivity contribution in [3.63, 3.8) is 0 Å². The van der Waals surface area contributed by atoms with Gasteiger partial charge < -0.3 is 5.32 Å². The number of hydrogen-bond acceptors (Lipinski definition) is 2. The maximum Gasteiger partial charge on any atom is 0.238 e. The average molecular weight is 334 g/mol. The van der Waals surface area contributed by atoms with E-state index in [0.717, 1.165) is 11.3 Å². The predicted molar refractivity (Wildman–Crippen MR) is 93.7 cm³/mol. The highest BCUT2D eigenvalue weighted by Gasteiger charge is 2.03. The lowest BCUT2D eigenvalue weighted by atomic mass is 10.1. The highest BCUT2D eigenvalue weighted by molar-refractivity contribution is 7.80. The molecular weight excluding hydrogens is 318 g/mol. The summed E-state index contributed by atoms with van der Waals surface area (Å²) in [5, 5.41) is 3.85. The third-order valence-electron chi connectivity index (χ3n) is 2.88. The molecule has 3 N–H and O–H groups in total. The van der Waals surface area contributed by atoms with Crippen molar-refractivity contribution in [3.8, 4) is 0 Å². The van der Waals surface area contributed by atoms with Crippen molar-refractivity contribution in [2.75, 3.05) is 5.32 Å². The van der Waals surface area contributed by atoms with Gasteiger partial charge in [-0.15, -0.1) is 0 Å². The molecule has 0 aromatic heterocycles. The topological polar surface area (TPSA) is 53.2 Å². The molecule has 0 unspecified atom stereocenters. The molecule has 0 heterocycles. The van der Waals surface area contributed by atoms with Crippen LogP contribution in [0.3, 0.4) is 0 Å². The summed E-state index contributed by atoms with van der Waals surface area (Å²) in [6.45, 7) is 0. The number of nitrogens with one attached hydrogen (secondary N) is 3. The van der Waals surface area contributed by atoms with E-state index in [1.165, 1.54) is 0 Å². The first-order valence-electron chi connectivity index (χ1n) is 6.79. The Morgan fingerprint density at radius 2 is 1.82 bits per heavy atom. The number of amides is 1. The fraction of sp³-hybridized carbons (Fsp3) is 0.125. The summed E-state index contributed by atoms with van der Waals surface area (Å²) in [6, 6.07) is 17.0. The second kappa shape index (κ2) is 8.36. The van der Waals surface area contributed by atoms with E-state index in [2.05, 4.69) is 16.2 Å². The molecule has 0 bridgehead atoms. The minimum Gasteiger partial charge on any atom is -0.331 e.